The van der Waals surface area contributed by atoms with E-state index < -0.39 is 11.7 Å². The smallest absolute Gasteiger partial charge is 0.416 e. The van der Waals surface area contributed by atoms with Crippen molar-refractivity contribution in [1.82, 2.24) is 4.90 Å². The maximum atomic E-state index is 13.1. The highest BCUT2D eigenvalue weighted by molar-refractivity contribution is 5.60. The number of aldehydes is 1. The van der Waals surface area contributed by atoms with Gasteiger partial charge in [0, 0.05) is 19.6 Å². The molecule has 1 heterocycles. The second kappa shape index (κ2) is 15.3. The Kier molecular flexibility index (Phi) is 14.0. The number of likely N-dealkylation sites (N-methyl/N-ethyl adjacent to an activating group) is 1. The van der Waals surface area contributed by atoms with Crippen molar-refractivity contribution in [3.63, 3.8) is 0 Å². The zero-order chi connectivity index (χ0) is 23.9. The fourth-order valence-corrected chi connectivity index (χ4v) is 2.84. The number of ether oxygens (including phenoxy) is 1. The molecule has 174 valence electrons. The summed E-state index contributed by atoms with van der Waals surface area (Å²) in [7, 11) is 2.05. The number of rotatable bonds is 6. The van der Waals surface area contributed by atoms with Crippen molar-refractivity contribution in [2.75, 3.05) is 44.7 Å². The van der Waals surface area contributed by atoms with Crippen molar-refractivity contribution < 1.29 is 22.7 Å². The molecule has 0 N–H and O–H groups in total. The lowest BCUT2D eigenvalue weighted by Gasteiger charge is -2.26. The minimum absolute atomic E-state index is 0.136. The van der Waals surface area contributed by atoms with E-state index >= 15 is 0 Å². The summed E-state index contributed by atoms with van der Waals surface area (Å²) in [6.07, 6.45) is 2.22. The van der Waals surface area contributed by atoms with Crippen LogP contribution >= 0.6 is 0 Å². The first-order valence-electron chi connectivity index (χ1n) is 10.4. The van der Waals surface area contributed by atoms with Crippen LogP contribution in [0.3, 0.4) is 0 Å². The van der Waals surface area contributed by atoms with Crippen LogP contribution in [0.1, 0.15) is 32.8 Å². The van der Waals surface area contributed by atoms with E-state index in [9.17, 15) is 13.2 Å². The van der Waals surface area contributed by atoms with Crippen LogP contribution in [0.2, 0.25) is 0 Å². The fourth-order valence-electron chi connectivity index (χ4n) is 2.84. The SMILES string of the molecule is C=C/C=C(\C=C)COc1cc(C(F)(F)F)ccc1N1CCCN(C)CC1.CC.CC=O. The number of carbonyl (C=O) groups is 1. The highest BCUT2D eigenvalue weighted by Crippen LogP contribution is 2.37. The first kappa shape index (κ1) is 28.5. The van der Waals surface area contributed by atoms with E-state index in [0.29, 0.717) is 5.69 Å². The van der Waals surface area contributed by atoms with Gasteiger partial charge in [-0.25, -0.2) is 0 Å². The number of hydrogen-bond acceptors (Lipinski definition) is 4. The quantitative estimate of drug-likeness (QED) is 0.416. The molecule has 1 aliphatic heterocycles. The van der Waals surface area contributed by atoms with Gasteiger partial charge in [0.25, 0.3) is 0 Å². The molecule has 1 fully saturated rings. The summed E-state index contributed by atoms with van der Waals surface area (Å²) in [4.78, 5) is 13.1. The van der Waals surface area contributed by atoms with Gasteiger partial charge >= 0.3 is 6.18 Å². The van der Waals surface area contributed by atoms with Crippen molar-refractivity contribution in [3.8, 4) is 5.75 Å². The summed E-state index contributed by atoms with van der Waals surface area (Å²) < 4.78 is 45.1. The van der Waals surface area contributed by atoms with Crippen LogP contribution in [0.25, 0.3) is 0 Å². The molecule has 0 unspecified atom stereocenters. The Bertz CT molecular complexity index is 715. The summed E-state index contributed by atoms with van der Waals surface area (Å²) >= 11 is 0. The van der Waals surface area contributed by atoms with Crippen LogP contribution in [0.15, 0.2) is 55.2 Å². The Morgan fingerprint density at radius 1 is 1.16 bits per heavy atom. The number of allylic oxidation sites excluding steroid dienone is 2. The van der Waals surface area contributed by atoms with Crippen molar-refractivity contribution in [1.29, 1.82) is 0 Å². The molecule has 0 amide bonds. The molecule has 1 saturated heterocycles. The summed E-state index contributed by atoms with van der Waals surface area (Å²) in [5, 5.41) is 0. The maximum absolute atomic E-state index is 13.1. The normalized spacial score (nSPS) is 14.8. The van der Waals surface area contributed by atoms with Gasteiger partial charge < -0.3 is 19.3 Å². The van der Waals surface area contributed by atoms with Gasteiger partial charge in [0.05, 0.1) is 11.3 Å². The van der Waals surface area contributed by atoms with Crippen molar-refractivity contribution in [2.45, 2.75) is 33.4 Å². The van der Waals surface area contributed by atoms with E-state index in [4.69, 9.17) is 9.53 Å². The van der Waals surface area contributed by atoms with E-state index in [-0.39, 0.29) is 12.4 Å². The fraction of sp³-hybridized carbons (Fsp3) is 0.458. The van der Waals surface area contributed by atoms with Gasteiger partial charge in [-0.05, 0) is 50.7 Å². The van der Waals surface area contributed by atoms with Crippen LogP contribution in [-0.2, 0) is 11.0 Å². The van der Waals surface area contributed by atoms with E-state index in [1.807, 2.05) is 20.9 Å². The van der Waals surface area contributed by atoms with Crippen molar-refractivity contribution in [3.05, 3.63) is 60.7 Å². The lowest BCUT2D eigenvalue weighted by atomic mass is 10.1. The van der Waals surface area contributed by atoms with Crippen molar-refractivity contribution >= 4 is 12.0 Å². The summed E-state index contributed by atoms with van der Waals surface area (Å²) in [6.45, 7) is 16.2. The molecule has 0 atom stereocenters. The van der Waals surface area contributed by atoms with Crippen LogP contribution in [-0.4, -0.2) is 51.0 Å². The highest BCUT2D eigenvalue weighted by atomic mass is 19.4. The molecule has 0 saturated carbocycles. The van der Waals surface area contributed by atoms with E-state index in [1.54, 1.807) is 18.2 Å². The van der Waals surface area contributed by atoms with Gasteiger partial charge in [0.15, 0.2) is 0 Å². The first-order valence-corrected chi connectivity index (χ1v) is 10.4. The molecule has 7 heteroatoms. The predicted octanol–water partition coefficient (Wildman–Crippen LogP) is 5.76. The largest absolute Gasteiger partial charge is 0.487 e. The lowest BCUT2D eigenvalue weighted by Crippen LogP contribution is -2.29. The molecule has 1 aromatic rings. The van der Waals surface area contributed by atoms with Crippen molar-refractivity contribution in [2.24, 2.45) is 0 Å². The summed E-state index contributed by atoms with van der Waals surface area (Å²) in [5.74, 6) is 0.237. The average Bonchev–Trinajstić information content (AvgIpc) is 2.96. The molecule has 4 nitrogen and oxygen atoms in total. The molecular formula is C24H35F3N2O2. The molecule has 0 spiro atoms. The second-order valence-corrected chi connectivity index (χ2v) is 6.53. The number of carbonyl (C=O) groups excluding carboxylic acids is 1. The van der Waals surface area contributed by atoms with Crippen LogP contribution in [0, 0.1) is 0 Å². The summed E-state index contributed by atoms with van der Waals surface area (Å²) in [5.41, 5.74) is 0.727. The predicted molar refractivity (Wildman–Crippen MR) is 123 cm³/mol. The van der Waals surface area contributed by atoms with Gasteiger partial charge in [0.1, 0.15) is 18.6 Å². The van der Waals surface area contributed by atoms with Crippen LogP contribution in [0.5, 0.6) is 5.75 Å². The Morgan fingerprint density at radius 3 is 2.35 bits per heavy atom. The Hall–Kier alpha value is -2.54. The number of alkyl halides is 3. The third-order valence-electron chi connectivity index (χ3n) is 4.34. The number of anilines is 1. The lowest BCUT2D eigenvalue weighted by molar-refractivity contribution is -0.137. The molecule has 0 radical (unpaired) electrons. The molecule has 31 heavy (non-hydrogen) atoms. The molecule has 0 aromatic heterocycles. The molecule has 0 bridgehead atoms. The maximum Gasteiger partial charge on any atom is 0.416 e. The first-order chi connectivity index (χ1) is 14.8. The van der Waals surface area contributed by atoms with E-state index in [0.717, 1.165) is 56.6 Å². The zero-order valence-corrected chi connectivity index (χ0v) is 19.0. The topological polar surface area (TPSA) is 32.8 Å². The second-order valence-electron chi connectivity index (χ2n) is 6.53. The molecular weight excluding hydrogens is 405 g/mol. The minimum atomic E-state index is -4.41. The number of hydrogen-bond donors (Lipinski definition) is 0. The van der Waals surface area contributed by atoms with Crippen LogP contribution in [0.4, 0.5) is 18.9 Å². The zero-order valence-electron chi connectivity index (χ0n) is 19.0. The third kappa shape index (κ3) is 10.4. The minimum Gasteiger partial charge on any atom is -0.487 e. The summed E-state index contributed by atoms with van der Waals surface area (Å²) in [6, 6.07) is 3.71. The highest BCUT2D eigenvalue weighted by Gasteiger charge is 2.32. The van der Waals surface area contributed by atoms with Gasteiger partial charge in [-0.2, -0.15) is 13.2 Å². The number of benzene rings is 1. The van der Waals surface area contributed by atoms with Gasteiger partial charge in [0.2, 0.25) is 0 Å². The number of nitrogens with zero attached hydrogens (tertiary/aromatic N) is 2. The van der Waals surface area contributed by atoms with Gasteiger partial charge in [-0.3, -0.25) is 0 Å². The molecule has 1 aliphatic rings. The Balaban J connectivity index is 0.00000165. The van der Waals surface area contributed by atoms with Gasteiger partial charge in [-0.1, -0.05) is 45.2 Å². The molecule has 1 aromatic carbocycles. The standard InChI is InChI=1S/C20H25F3N2O.C2H4O.C2H6/c1-4-7-16(5-2)15-26-19-14-17(20(21,22)23)8-9-18(19)25-11-6-10-24(3)12-13-25;1-2-3;1-2/h4-5,7-9,14H,1-2,6,10-13,15H2,3H3;2H,1H3;1-2H3/b16-7+;;. The average molecular weight is 441 g/mol. The van der Waals surface area contributed by atoms with Crippen LogP contribution < -0.4 is 9.64 Å². The number of halogens is 3. The molecule has 0 aliphatic carbocycles. The molecule has 2 rings (SSSR count). The van der Waals surface area contributed by atoms with Gasteiger partial charge in [-0.15, -0.1) is 0 Å². The monoisotopic (exact) mass is 440 g/mol. The third-order valence-corrected chi connectivity index (χ3v) is 4.34. The van der Waals surface area contributed by atoms with E-state index in [1.165, 1.54) is 13.0 Å². The Morgan fingerprint density at radius 2 is 1.81 bits per heavy atom. The Labute approximate surface area is 184 Å². The van der Waals surface area contributed by atoms with E-state index in [2.05, 4.69) is 23.0 Å².